The van der Waals surface area contributed by atoms with Gasteiger partial charge in [0.2, 0.25) is 0 Å². The highest BCUT2D eigenvalue weighted by molar-refractivity contribution is 5.31. The fourth-order valence-electron chi connectivity index (χ4n) is 2.30. The van der Waals surface area contributed by atoms with Crippen LogP contribution in [0.25, 0.3) is 0 Å². The number of halogens is 2. The van der Waals surface area contributed by atoms with Crippen molar-refractivity contribution in [3.63, 3.8) is 0 Å². The molecule has 0 bridgehead atoms. The minimum Gasteiger partial charge on any atom is -0.321 e. The summed E-state index contributed by atoms with van der Waals surface area (Å²) in [7, 11) is 0. The molecule has 0 aliphatic rings. The molecule has 0 aliphatic heterocycles. The van der Waals surface area contributed by atoms with Crippen LogP contribution in [0, 0.1) is 11.6 Å². The Labute approximate surface area is 118 Å². The molecule has 0 radical (unpaired) electrons. The van der Waals surface area contributed by atoms with Gasteiger partial charge in [-0.25, -0.2) is 8.78 Å². The van der Waals surface area contributed by atoms with Crippen molar-refractivity contribution in [2.75, 3.05) is 0 Å². The van der Waals surface area contributed by atoms with Crippen LogP contribution < -0.4 is 5.73 Å². The first-order valence-electron chi connectivity index (χ1n) is 6.74. The molecule has 2 aromatic carbocycles. The smallest absolute Gasteiger partial charge is 0.126 e. The van der Waals surface area contributed by atoms with Crippen molar-refractivity contribution in [3.8, 4) is 0 Å². The monoisotopic (exact) mass is 275 g/mol. The standard InChI is InChI=1S/C17H19F2N/c1-3-12-4-6-14(7-5-12)17(2,20)11-13-10-15(18)8-9-16(13)19/h4-10H,3,11,20H2,1-2H3. The molecule has 0 saturated carbocycles. The van der Waals surface area contributed by atoms with E-state index in [4.69, 9.17) is 5.73 Å². The summed E-state index contributed by atoms with van der Waals surface area (Å²) in [5.74, 6) is -0.869. The predicted molar refractivity (Wildman–Crippen MR) is 77.4 cm³/mol. The van der Waals surface area contributed by atoms with E-state index in [9.17, 15) is 8.78 Å². The summed E-state index contributed by atoms with van der Waals surface area (Å²) in [5.41, 5.74) is 8.00. The number of hydrogen-bond donors (Lipinski definition) is 1. The van der Waals surface area contributed by atoms with Crippen LogP contribution in [0.4, 0.5) is 8.78 Å². The average molecular weight is 275 g/mol. The van der Waals surface area contributed by atoms with Gasteiger partial charge in [0.15, 0.2) is 0 Å². The van der Waals surface area contributed by atoms with Crippen LogP contribution in [0.3, 0.4) is 0 Å². The van der Waals surface area contributed by atoms with Gasteiger partial charge in [-0.15, -0.1) is 0 Å². The highest BCUT2D eigenvalue weighted by Crippen LogP contribution is 2.25. The number of aryl methyl sites for hydroxylation is 1. The van der Waals surface area contributed by atoms with Gasteiger partial charge in [-0.2, -0.15) is 0 Å². The van der Waals surface area contributed by atoms with Crippen molar-refractivity contribution in [3.05, 3.63) is 70.8 Å². The van der Waals surface area contributed by atoms with Gasteiger partial charge in [0.1, 0.15) is 11.6 Å². The van der Waals surface area contributed by atoms with Crippen LogP contribution in [0.1, 0.15) is 30.5 Å². The van der Waals surface area contributed by atoms with Gasteiger partial charge in [-0.1, -0.05) is 31.2 Å². The number of benzene rings is 2. The molecule has 0 fully saturated rings. The predicted octanol–water partition coefficient (Wildman–Crippen LogP) is 3.94. The van der Waals surface area contributed by atoms with Crippen LogP contribution in [-0.2, 0) is 18.4 Å². The van der Waals surface area contributed by atoms with Crippen LogP contribution >= 0.6 is 0 Å². The summed E-state index contributed by atoms with van der Waals surface area (Å²) in [6, 6.07) is 11.4. The Morgan fingerprint density at radius 3 is 2.30 bits per heavy atom. The molecule has 0 saturated heterocycles. The Bertz CT molecular complexity index is 588. The van der Waals surface area contributed by atoms with Gasteiger partial charge in [0, 0.05) is 5.54 Å². The van der Waals surface area contributed by atoms with Crippen LogP contribution in [-0.4, -0.2) is 0 Å². The normalized spacial score (nSPS) is 14.1. The fraction of sp³-hybridized carbons (Fsp3) is 0.294. The second-order valence-electron chi connectivity index (χ2n) is 5.38. The molecule has 0 heterocycles. The Morgan fingerprint density at radius 2 is 1.70 bits per heavy atom. The highest BCUT2D eigenvalue weighted by Gasteiger charge is 2.23. The number of rotatable bonds is 4. The van der Waals surface area contributed by atoms with Crippen LogP contribution in [0.5, 0.6) is 0 Å². The molecule has 106 valence electrons. The minimum absolute atomic E-state index is 0.252. The zero-order valence-electron chi connectivity index (χ0n) is 11.8. The molecule has 1 atom stereocenters. The van der Waals surface area contributed by atoms with Crippen LogP contribution in [0.2, 0.25) is 0 Å². The molecule has 1 unspecified atom stereocenters. The first-order valence-corrected chi connectivity index (χ1v) is 6.74. The molecular weight excluding hydrogens is 256 g/mol. The van der Waals surface area contributed by atoms with E-state index in [1.54, 1.807) is 0 Å². The maximum atomic E-state index is 13.7. The van der Waals surface area contributed by atoms with Gasteiger partial charge < -0.3 is 5.73 Å². The average Bonchev–Trinajstić information content (AvgIpc) is 2.43. The topological polar surface area (TPSA) is 26.0 Å². The van der Waals surface area contributed by atoms with Crippen molar-refractivity contribution in [2.45, 2.75) is 32.2 Å². The molecule has 1 nitrogen and oxygen atoms in total. The Balaban J connectivity index is 2.27. The van der Waals surface area contributed by atoms with E-state index in [1.807, 2.05) is 31.2 Å². The first-order chi connectivity index (χ1) is 9.42. The molecule has 0 aliphatic carbocycles. The first kappa shape index (κ1) is 14.7. The van der Waals surface area contributed by atoms with Crippen molar-refractivity contribution in [1.29, 1.82) is 0 Å². The molecule has 20 heavy (non-hydrogen) atoms. The fourth-order valence-corrected chi connectivity index (χ4v) is 2.30. The second-order valence-corrected chi connectivity index (χ2v) is 5.38. The Morgan fingerprint density at radius 1 is 1.05 bits per heavy atom. The summed E-state index contributed by atoms with van der Waals surface area (Å²) in [6.07, 6.45) is 1.21. The zero-order chi connectivity index (χ0) is 14.8. The zero-order valence-corrected chi connectivity index (χ0v) is 11.8. The lowest BCUT2D eigenvalue weighted by Gasteiger charge is -2.26. The third-order valence-corrected chi connectivity index (χ3v) is 3.59. The van der Waals surface area contributed by atoms with Gasteiger partial charge in [-0.05, 0) is 54.7 Å². The van der Waals surface area contributed by atoms with Crippen molar-refractivity contribution >= 4 is 0 Å². The number of hydrogen-bond acceptors (Lipinski definition) is 1. The SMILES string of the molecule is CCc1ccc(C(C)(N)Cc2cc(F)ccc2F)cc1. The highest BCUT2D eigenvalue weighted by atomic mass is 19.1. The number of nitrogens with two attached hydrogens (primary N) is 1. The summed E-state index contributed by atoms with van der Waals surface area (Å²) >= 11 is 0. The largest absolute Gasteiger partial charge is 0.321 e. The van der Waals surface area contributed by atoms with Crippen molar-refractivity contribution in [1.82, 2.24) is 0 Å². The third-order valence-electron chi connectivity index (χ3n) is 3.59. The molecule has 0 aromatic heterocycles. The van der Waals surface area contributed by atoms with E-state index in [0.29, 0.717) is 5.56 Å². The molecule has 3 heteroatoms. The maximum Gasteiger partial charge on any atom is 0.126 e. The van der Waals surface area contributed by atoms with Gasteiger partial charge in [0.05, 0.1) is 0 Å². The molecule has 2 rings (SSSR count). The lowest BCUT2D eigenvalue weighted by atomic mass is 9.86. The summed E-state index contributed by atoms with van der Waals surface area (Å²) < 4.78 is 26.9. The summed E-state index contributed by atoms with van der Waals surface area (Å²) in [5, 5.41) is 0. The van der Waals surface area contributed by atoms with E-state index >= 15 is 0 Å². The van der Waals surface area contributed by atoms with Crippen molar-refractivity contribution in [2.24, 2.45) is 5.73 Å². The molecule has 2 N–H and O–H groups in total. The molecular formula is C17H19F2N. The Kier molecular flexibility index (Phi) is 4.19. The van der Waals surface area contributed by atoms with E-state index in [-0.39, 0.29) is 6.42 Å². The minimum atomic E-state index is -0.735. The molecule has 2 aromatic rings. The third kappa shape index (κ3) is 3.23. The molecule has 0 spiro atoms. The maximum absolute atomic E-state index is 13.7. The van der Waals surface area contributed by atoms with Crippen molar-refractivity contribution < 1.29 is 8.78 Å². The van der Waals surface area contributed by atoms with E-state index in [2.05, 4.69) is 6.92 Å². The van der Waals surface area contributed by atoms with Gasteiger partial charge >= 0.3 is 0 Å². The lowest BCUT2D eigenvalue weighted by molar-refractivity contribution is 0.472. The lowest BCUT2D eigenvalue weighted by Crippen LogP contribution is -2.35. The molecule has 0 amide bonds. The van der Waals surface area contributed by atoms with E-state index in [1.165, 1.54) is 11.6 Å². The van der Waals surface area contributed by atoms with Gasteiger partial charge in [-0.3, -0.25) is 0 Å². The summed E-state index contributed by atoms with van der Waals surface area (Å²) in [6.45, 7) is 3.91. The second kappa shape index (κ2) is 5.71. The van der Waals surface area contributed by atoms with E-state index in [0.717, 1.165) is 24.1 Å². The Hall–Kier alpha value is -1.74. The van der Waals surface area contributed by atoms with E-state index < -0.39 is 17.2 Å². The quantitative estimate of drug-likeness (QED) is 0.898. The van der Waals surface area contributed by atoms with Crippen LogP contribution in [0.15, 0.2) is 42.5 Å². The summed E-state index contributed by atoms with van der Waals surface area (Å²) in [4.78, 5) is 0. The van der Waals surface area contributed by atoms with Gasteiger partial charge in [0.25, 0.3) is 0 Å².